The lowest BCUT2D eigenvalue weighted by Crippen LogP contribution is -1.92. The molecule has 0 saturated heterocycles. The Morgan fingerprint density at radius 1 is 1.20 bits per heavy atom. The van der Waals surface area contributed by atoms with Crippen LogP contribution in [-0.2, 0) is 0 Å². The molecule has 1 rings (SSSR count). The summed E-state index contributed by atoms with van der Waals surface area (Å²) < 4.78 is 0. The molecular formula is C14H18O. The summed E-state index contributed by atoms with van der Waals surface area (Å²) in [6.07, 6.45) is 3.81. The molecule has 1 nitrogen and oxygen atoms in total. The van der Waals surface area contributed by atoms with Gasteiger partial charge < -0.3 is 5.11 Å². The Morgan fingerprint density at radius 2 is 1.93 bits per heavy atom. The second kappa shape index (κ2) is 7.09. The van der Waals surface area contributed by atoms with E-state index in [0.717, 1.165) is 18.4 Å². The molecule has 0 fully saturated rings. The highest BCUT2D eigenvalue weighted by Crippen LogP contribution is 2.10. The summed E-state index contributed by atoms with van der Waals surface area (Å²) in [5.74, 6) is 5.88. The summed E-state index contributed by atoms with van der Waals surface area (Å²) in [5, 5.41) is 9.70. The largest absolute Gasteiger partial charge is 0.376 e. The van der Waals surface area contributed by atoms with Gasteiger partial charge >= 0.3 is 0 Å². The molecule has 1 N–H and O–H groups in total. The van der Waals surface area contributed by atoms with Gasteiger partial charge in [0.1, 0.15) is 6.10 Å². The van der Waals surface area contributed by atoms with Crippen molar-refractivity contribution in [2.45, 2.75) is 38.7 Å². The molecule has 0 saturated carbocycles. The molecule has 0 bridgehead atoms. The van der Waals surface area contributed by atoms with E-state index in [0.29, 0.717) is 0 Å². The van der Waals surface area contributed by atoms with E-state index in [4.69, 9.17) is 0 Å². The van der Waals surface area contributed by atoms with Gasteiger partial charge in [-0.15, -0.1) is 5.92 Å². The van der Waals surface area contributed by atoms with E-state index >= 15 is 0 Å². The topological polar surface area (TPSA) is 20.2 Å². The van der Waals surface area contributed by atoms with Gasteiger partial charge in [0.05, 0.1) is 0 Å². The molecule has 0 aliphatic carbocycles. The second-order valence-electron chi connectivity index (χ2n) is 3.59. The summed E-state index contributed by atoms with van der Waals surface area (Å²) in [6, 6.07) is 9.55. The van der Waals surface area contributed by atoms with Crippen LogP contribution in [0.5, 0.6) is 0 Å². The number of hydrogen-bond acceptors (Lipinski definition) is 1. The van der Waals surface area contributed by atoms with Crippen molar-refractivity contribution in [2.75, 3.05) is 0 Å². The standard InChI is InChI=1S/C14H18O/c1-2-3-4-5-9-12-14(15)13-10-7-6-8-11-13/h6-8,10-11,14-15H,2-5H2,1H3. The van der Waals surface area contributed by atoms with Crippen LogP contribution < -0.4 is 0 Å². The number of benzene rings is 1. The molecule has 0 aromatic heterocycles. The lowest BCUT2D eigenvalue weighted by Gasteiger charge is -2.01. The number of hydrogen-bond donors (Lipinski definition) is 1. The number of aliphatic hydroxyl groups excluding tert-OH is 1. The van der Waals surface area contributed by atoms with Crippen molar-refractivity contribution < 1.29 is 5.11 Å². The molecule has 0 aliphatic heterocycles. The average molecular weight is 202 g/mol. The molecule has 1 aromatic rings. The Bertz CT molecular complexity index is 318. The van der Waals surface area contributed by atoms with Crippen LogP contribution in [0.4, 0.5) is 0 Å². The molecule has 15 heavy (non-hydrogen) atoms. The fourth-order valence-electron chi connectivity index (χ4n) is 1.35. The van der Waals surface area contributed by atoms with Crippen LogP contribution in [0.1, 0.15) is 44.3 Å². The van der Waals surface area contributed by atoms with E-state index in [2.05, 4.69) is 18.8 Å². The number of unbranched alkanes of at least 4 members (excludes halogenated alkanes) is 3. The van der Waals surface area contributed by atoms with Gasteiger partial charge in [0.25, 0.3) is 0 Å². The van der Waals surface area contributed by atoms with Crippen LogP contribution in [0.25, 0.3) is 0 Å². The SMILES string of the molecule is CCCCCC#CC(O)c1ccccc1. The maximum Gasteiger partial charge on any atom is 0.140 e. The van der Waals surface area contributed by atoms with Crippen molar-refractivity contribution >= 4 is 0 Å². The van der Waals surface area contributed by atoms with Crippen LogP contribution >= 0.6 is 0 Å². The Hall–Kier alpha value is -1.26. The van der Waals surface area contributed by atoms with E-state index in [-0.39, 0.29) is 0 Å². The molecule has 1 heteroatoms. The van der Waals surface area contributed by atoms with E-state index in [9.17, 15) is 5.11 Å². The zero-order valence-corrected chi connectivity index (χ0v) is 9.24. The quantitative estimate of drug-likeness (QED) is 0.586. The van der Waals surface area contributed by atoms with Crippen LogP contribution in [0.15, 0.2) is 30.3 Å². The number of aliphatic hydroxyl groups is 1. The van der Waals surface area contributed by atoms with Crippen molar-refractivity contribution in [3.63, 3.8) is 0 Å². The minimum Gasteiger partial charge on any atom is -0.376 e. The van der Waals surface area contributed by atoms with Gasteiger partial charge in [-0.2, -0.15) is 0 Å². The molecule has 0 amide bonds. The molecule has 80 valence electrons. The average Bonchev–Trinajstić information content (AvgIpc) is 2.30. The van der Waals surface area contributed by atoms with E-state index in [1.807, 2.05) is 30.3 Å². The molecule has 1 atom stereocenters. The summed E-state index contributed by atoms with van der Waals surface area (Å²) in [4.78, 5) is 0. The lowest BCUT2D eigenvalue weighted by atomic mass is 10.1. The molecule has 1 aromatic carbocycles. The predicted octanol–water partition coefficient (Wildman–Crippen LogP) is 3.30. The van der Waals surface area contributed by atoms with Crippen molar-refractivity contribution in [2.24, 2.45) is 0 Å². The first-order valence-corrected chi connectivity index (χ1v) is 5.56. The monoisotopic (exact) mass is 202 g/mol. The summed E-state index contributed by atoms with van der Waals surface area (Å²) in [7, 11) is 0. The predicted molar refractivity (Wildman–Crippen MR) is 63.3 cm³/mol. The third kappa shape index (κ3) is 4.67. The highest BCUT2D eigenvalue weighted by molar-refractivity contribution is 5.24. The minimum absolute atomic E-state index is 0.632. The van der Waals surface area contributed by atoms with Gasteiger partial charge in [0.15, 0.2) is 0 Å². The molecule has 0 heterocycles. The molecular weight excluding hydrogens is 184 g/mol. The number of rotatable bonds is 4. The van der Waals surface area contributed by atoms with Crippen molar-refractivity contribution in [3.8, 4) is 11.8 Å². The highest BCUT2D eigenvalue weighted by Gasteiger charge is 2.00. The fraction of sp³-hybridized carbons (Fsp3) is 0.429. The highest BCUT2D eigenvalue weighted by atomic mass is 16.3. The normalized spacial score (nSPS) is 11.6. The first-order chi connectivity index (χ1) is 7.34. The van der Waals surface area contributed by atoms with Crippen LogP contribution in [0.3, 0.4) is 0 Å². The van der Waals surface area contributed by atoms with E-state index in [1.165, 1.54) is 12.8 Å². The zero-order chi connectivity index (χ0) is 10.9. The zero-order valence-electron chi connectivity index (χ0n) is 9.24. The molecule has 0 radical (unpaired) electrons. The molecule has 0 aliphatic rings. The van der Waals surface area contributed by atoms with E-state index < -0.39 is 6.10 Å². The van der Waals surface area contributed by atoms with Gasteiger partial charge in [-0.25, -0.2) is 0 Å². The Labute approximate surface area is 92.1 Å². The van der Waals surface area contributed by atoms with E-state index in [1.54, 1.807) is 0 Å². The van der Waals surface area contributed by atoms with Gasteiger partial charge in [-0.05, 0) is 12.0 Å². The van der Waals surface area contributed by atoms with Crippen LogP contribution in [0.2, 0.25) is 0 Å². The molecule has 0 spiro atoms. The van der Waals surface area contributed by atoms with Gasteiger partial charge in [-0.1, -0.05) is 56.0 Å². The third-order valence-corrected chi connectivity index (χ3v) is 2.26. The maximum absolute atomic E-state index is 9.70. The minimum atomic E-state index is -0.632. The van der Waals surface area contributed by atoms with Crippen molar-refractivity contribution in [3.05, 3.63) is 35.9 Å². The first kappa shape index (κ1) is 11.8. The third-order valence-electron chi connectivity index (χ3n) is 2.26. The smallest absolute Gasteiger partial charge is 0.140 e. The van der Waals surface area contributed by atoms with Crippen molar-refractivity contribution in [1.82, 2.24) is 0 Å². The Kier molecular flexibility index (Phi) is 5.58. The summed E-state index contributed by atoms with van der Waals surface area (Å²) in [6.45, 7) is 2.17. The first-order valence-electron chi connectivity index (χ1n) is 5.56. The van der Waals surface area contributed by atoms with Gasteiger partial charge in [0.2, 0.25) is 0 Å². The van der Waals surface area contributed by atoms with Crippen LogP contribution in [-0.4, -0.2) is 5.11 Å². The second-order valence-corrected chi connectivity index (χ2v) is 3.59. The summed E-state index contributed by atoms with van der Waals surface area (Å²) in [5.41, 5.74) is 0.875. The fourth-order valence-corrected chi connectivity index (χ4v) is 1.35. The summed E-state index contributed by atoms with van der Waals surface area (Å²) >= 11 is 0. The van der Waals surface area contributed by atoms with Gasteiger partial charge in [0, 0.05) is 6.42 Å². The molecule has 1 unspecified atom stereocenters. The van der Waals surface area contributed by atoms with Crippen LogP contribution in [0, 0.1) is 11.8 Å². The van der Waals surface area contributed by atoms with Gasteiger partial charge in [-0.3, -0.25) is 0 Å². The Balaban J connectivity index is 2.38. The lowest BCUT2D eigenvalue weighted by molar-refractivity contribution is 0.238. The Morgan fingerprint density at radius 3 is 2.60 bits per heavy atom. The van der Waals surface area contributed by atoms with Crippen molar-refractivity contribution in [1.29, 1.82) is 0 Å². The maximum atomic E-state index is 9.70.